The average Bonchev–Trinajstić information content (AvgIpc) is 2.43. The molecular weight excluding hydrogens is 316 g/mol. The molecule has 0 aliphatic heterocycles. The summed E-state index contributed by atoms with van der Waals surface area (Å²) >= 11 is 1.34. The van der Waals surface area contributed by atoms with Gasteiger partial charge in [0.1, 0.15) is 5.25 Å². The van der Waals surface area contributed by atoms with Crippen molar-refractivity contribution in [1.29, 1.82) is 0 Å². The Balaban J connectivity index is 2.34. The molecule has 1 aromatic rings. The second-order valence-corrected chi connectivity index (χ2v) is 7.35. The lowest BCUT2D eigenvalue weighted by molar-refractivity contribution is -0.147. The summed E-state index contributed by atoms with van der Waals surface area (Å²) in [5.74, 6) is -1.18. The molecule has 1 aromatic carbocycles. The van der Waals surface area contributed by atoms with Crippen LogP contribution in [0.15, 0.2) is 35.2 Å². The second-order valence-electron chi connectivity index (χ2n) is 5.93. The van der Waals surface area contributed by atoms with Crippen LogP contribution in [0.1, 0.15) is 27.7 Å². The van der Waals surface area contributed by atoms with Gasteiger partial charge in [-0.15, -0.1) is 11.8 Å². The Morgan fingerprint density at radius 1 is 1.17 bits per heavy atom. The number of carbonyl (C=O) groups is 3. The van der Waals surface area contributed by atoms with Gasteiger partial charge in [0.15, 0.2) is 6.61 Å². The largest absolute Gasteiger partial charge is 0.455 e. The average molecular weight is 338 g/mol. The number of amides is 3. The van der Waals surface area contributed by atoms with Crippen molar-refractivity contribution in [2.24, 2.45) is 0 Å². The fourth-order valence-electron chi connectivity index (χ4n) is 1.54. The minimum Gasteiger partial charge on any atom is -0.455 e. The number of carbonyl (C=O) groups excluding carboxylic acids is 3. The maximum absolute atomic E-state index is 11.8. The molecule has 2 N–H and O–H groups in total. The highest BCUT2D eigenvalue weighted by Gasteiger charge is 2.19. The smallest absolute Gasteiger partial charge is 0.321 e. The maximum atomic E-state index is 11.8. The SMILES string of the molecule is C[C@@H](Sc1ccccc1)C(=O)OCC(=O)NC(=O)NC(C)(C)C. The first-order chi connectivity index (χ1) is 10.7. The van der Waals surface area contributed by atoms with Gasteiger partial charge in [-0.2, -0.15) is 0 Å². The zero-order chi connectivity index (χ0) is 17.5. The van der Waals surface area contributed by atoms with Gasteiger partial charge in [0, 0.05) is 10.4 Å². The van der Waals surface area contributed by atoms with Crippen LogP contribution < -0.4 is 10.6 Å². The number of ether oxygens (including phenoxy) is 1. The van der Waals surface area contributed by atoms with Crippen molar-refractivity contribution in [2.45, 2.75) is 43.4 Å². The van der Waals surface area contributed by atoms with E-state index in [-0.39, 0.29) is 0 Å². The highest BCUT2D eigenvalue weighted by atomic mass is 32.2. The second kappa shape index (κ2) is 8.57. The van der Waals surface area contributed by atoms with E-state index in [1.807, 2.05) is 30.3 Å². The molecule has 0 aromatic heterocycles. The fraction of sp³-hybridized carbons (Fsp3) is 0.438. The summed E-state index contributed by atoms with van der Waals surface area (Å²) in [5.41, 5.74) is -0.456. The number of urea groups is 1. The van der Waals surface area contributed by atoms with Gasteiger partial charge in [0.2, 0.25) is 0 Å². The van der Waals surface area contributed by atoms with Crippen molar-refractivity contribution in [1.82, 2.24) is 10.6 Å². The van der Waals surface area contributed by atoms with Crippen LogP contribution in [0.4, 0.5) is 4.79 Å². The monoisotopic (exact) mass is 338 g/mol. The van der Waals surface area contributed by atoms with Gasteiger partial charge in [-0.05, 0) is 39.8 Å². The normalized spacial score (nSPS) is 12.2. The standard InChI is InChI=1S/C16H22N2O4S/c1-11(23-12-8-6-5-7-9-12)14(20)22-10-13(19)17-15(21)18-16(2,3)4/h5-9,11H,10H2,1-4H3,(H2,17,18,19,21)/t11-/m1/s1. The van der Waals surface area contributed by atoms with Crippen LogP contribution in [-0.2, 0) is 14.3 Å². The summed E-state index contributed by atoms with van der Waals surface area (Å²) in [6.07, 6.45) is 0. The fourth-order valence-corrected chi connectivity index (χ4v) is 2.43. The molecule has 0 aliphatic rings. The topological polar surface area (TPSA) is 84.5 Å². The molecule has 0 unspecified atom stereocenters. The Bertz CT molecular complexity index is 555. The highest BCUT2D eigenvalue weighted by molar-refractivity contribution is 8.00. The first kappa shape index (κ1) is 19.0. The van der Waals surface area contributed by atoms with E-state index in [4.69, 9.17) is 4.74 Å². The van der Waals surface area contributed by atoms with Crippen LogP contribution in [0.3, 0.4) is 0 Å². The van der Waals surface area contributed by atoms with E-state index < -0.39 is 35.3 Å². The summed E-state index contributed by atoms with van der Waals surface area (Å²) in [4.78, 5) is 35.8. The predicted molar refractivity (Wildman–Crippen MR) is 89.1 cm³/mol. The number of imide groups is 1. The molecule has 0 aliphatic carbocycles. The molecular formula is C16H22N2O4S. The number of rotatable bonds is 5. The Morgan fingerprint density at radius 2 is 1.78 bits per heavy atom. The van der Waals surface area contributed by atoms with Crippen LogP contribution >= 0.6 is 11.8 Å². The van der Waals surface area contributed by atoms with Gasteiger partial charge < -0.3 is 10.1 Å². The number of thioether (sulfide) groups is 1. The molecule has 0 heterocycles. The lowest BCUT2D eigenvalue weighted by Crippen LogP contribution is -2.49. The Kier molecular flexibility index (Phi) is 7.09. The molecule has 6 nitrogen and oxygen atoms in total. The molecule has 0 fully saturated rings. The number of benzene rings is 1. The molecule has 0 radical (unpaired) electrons. The molecule has 1 rings (SSSR count). The van der Waals surface area contributed by atoms with Crippen LogP contribution in [0.5, 0.6) is 0 Å². The van der Waals surface area contributed by atoms with E-state index in [2.05, 4.69) is 10.6 Å². The van der Waals surface area contributed by atoms with Crippen molar-refractivity contribution in [3.05, 3.63) is 30.3 Å². The summed E-state index contributed by atoms with van der Waals surface area (Å²) < 4.78 is 4.92. The summed E-state index contributed by atoms with van der Waals surface area (Å²) in [6.45, 7) is 6.58. The maximum Gasteiger partial charge on any atom is 0.321 e. The number of hydrogen-bond donors (Lipinski definition) is 2. The first-order valence-corrected chi connectivity index (χ1v) is 8.05. The Morgan fingerprint density at radius 3 is 2.35 bits per heavy atom. The third kappa shape index (κ3) is 8.25. The predicted octanol–water partition coefficient (Wildman–Crippen LogP) is 2.33. The molecule has 3 amide bonds. The zero-order valence-corrected chi connectivity index (χ0v) is 14.5. The lowest BCUT2D eigenvalue weighted by atomic mass is 10.1. The van der Waals surface area contributed by atoms with Gasteiger partial charge in [-0.1, -0.05) is 18.2 Å². The summed E-state index contributed by atoms with van der Waals surface area (Å²) in [6, 6.07) is 8.80. The van der Waals surface area contributed by atoms with Crippen LogP contribution in [0.25, 0.3) is 0 Å². The number of hydrogen-bond acceptors (Lipinski definition) is 5. The zero-order valence-electron chi connectivity index (χ0n) is 13.7. The van der Waals surface area contributed by atoms with Crippen molar-refractivity contribution in [2.75, 3.05) is 6.61 Å². The van der Waals surface area contributed by atoms with Crippen LogP contribution in [0.2, 0.25) is 0 Å². The van der Waals surface area contributed by atoms with Crippen molar-refractivity contribution in [3.63, 3.8) is 0 Å². The van der Waals surface area contributed by atoms with E-state index in [0.717, 1.165) is 4.90 Å². The summed E-state index contributed by atoms with van der Waals surface area (Å²) in [7, 11) is 0. The molecule has 1 atom stereocenters. The molecule has 126 valence electrons. The van der Waals surface area contributed by atoms with E-state index in [0.29, 0.717) is 0 Å². The Hall–Kier alpha value is -2.02. The van der Waals surface area contributed by atoms with Gasteiger partial charge in [0.25, 0.3) is 5.91 Å². The van der Waals surface area contributed by atoms with Crippen molar-refractivity contribution < 1.29 is 19.1 Å². The minimum atomic E-state index is -0.669. The number of esters is 1. The first-order valence-electron chi connectivity index (χ1n) is 7.18. The molecule has 0 bridgehead atoms. The van der Waals surface area contributed by atoms with E-state index in [9.17, 15) is 14.4 Å². The lowest BCUT2D eigenvalue weighted by Gasteiger charge is -2.20. The van der Waals surface area contributed by atoms with Gasteiger partial charge in [-0.25, -0.2) is 4.79 Å². The third-order valence-electron chi connectivity index (χ3n) is 2.47. The molecule has 0 saturated heterocycles. The Labute approximate surface area is 140 Å². The molecule has 23 heavy (non-hydrogen) atoms. The molecule has 0 spiro atoms. The quantitative estimate of drug-likeness (QED) is 0.636. The van der Waals surface area contributed by atoms with E-state index >= 15 is 0 Å². The van der Waals surface area contributed by atoms with Gasteiger partial charge >= 0.3 is 12.0 Å². The van der Waals surface area contributed by atoms with Crippen LogP contribution in [-0.4, -0.2) is 35.3 Å². The number of nitrogens with one attached hydrogen (secondary N) is 2. The third-order valence-corrected chi connectivity index (χ3v) is 3.57. The van der Waals surface area contributed by atoms with Crippen LogP contribution in [0, 0.1) is 0 Å². The van der Waals surface area contributed by atoms with E-state index in [1.54, 1.807) is 27.7 Å². The molecule has 7 heteroatoms. The summed E-state index contributed by atoms with van der Waals surface area (Å²) in [5, 5.41) is 4.23. The van der Waals surface area contributed by atoms with E-state index in [1.165, 1.54) is 11.8 Å². The van der Waals surface area contributed by atoms with Gasteiger partial charge in [0.05, 0.1) is 0 Å². The molecule has 0 saturated carbocycles. The highest BCUT2D eigenvalue weighted by Crippen LogP contribution is 2.23. The van der Waals surface area contributed by atoms with Crippen molar-refractivity contribution >= 4 is 29.7 Å². The minimum absolute atomic E-state index is 0.450. The van der Waals surface area contributed by atoms with Gasteiger partial charge in [-0.3, -0.25) is 14.9 Å². The van der Waals surface area contributed by atoms with Crippen molar-refractivity contribution in [3.8, 4) is 0 Å².